The first-order valence-electron chi connectivity index (χ1n) is 6.27. The number of rotatable bonds is 6. The van der Waals surface area contributed by atoms with E-state index in [9.17, 15) is 9.59 Å². The summed E-state index contributed by atoms with van der Waals surface area (Å²) in [5.74, 6) is -1.51. The van der Waals surface area contributed by atoms with Crippen molar-refractivity contribution in [3.63, 3.8) is 0 Å². The smallest absolute Gasteiger partial charge is 0.326 e. The van der Waals surface area contributed by atoms with E-state index in [4.69, 9.17) is 28.3 Å². The van der Waals surface area contributed by atoms with E-state index in [1.165, 1.54) is 0 Å². The van der Waals surface area contributed by atoms with Gasteiger partial charge in [-0.3, -0.25) is 4.79 Å². The SMILES string of the molecule is CC(C)[C@@H](NC(=O)CCc1ccc(Cl)cc1Cl)C(=O)O. The third kappa shape index (κ3) is 5.02. The molecule has 0 bridgehead atoms. The van der Waals surface area contributed by atoms with E-state index < -0.39 is 12.0 Å². The molecule has 1 rings (SSSR count). The van der Waals surface area contributed by atoms with Gasteiger partial charge in [0.1, 0.15) is 6.04 Å². The normalized spacial score (nSPS) is 12.2. The van der Waals surface area contributed by atoms with Crippen LogP contribution in [0.3, 0.4) is 0 Å². The second-order valence-electron chi connectivity index (χ2n) is 4.86. The van der Waals surface area contributed by atoms with Crippen molar-refractivity contribution in [1.29, 1.82) is 0 Å². The van der Waals surface area contributed by atoms with Crippen LogP contribution < -0.4 is 5.32 Å². The molecular weight excluding hydrogens is 301 g/mol. The van der Waals surface area contributed by atoms with Gasteiger partial charge in [-0.1, -0.05) is 43.1 Å². The molecule has 0 heterocycles. The highest BCUT2D eigenvalue weighted by Gasteiger charge is 2.23. The van der Waals surface area contributed by atoms with Crippen LogP contribution in [0.2, 0.25) is 10.0 Å². The van der Waals surface area contributed by atoms with Crippen LogP contribution in [0.4, 0.5) is 0 Å². The highest BCUT2D eigenvalue weighted by Crippen LogP contribution is 2.22. The van der Waals surface area contributed by atoms with Gasteiger partial charge in [-0.15, -0.1) is 0 Å². The number of hydrogen-bond acceptors (Lipinski definition) is 2. The quantitative estimate of drug-likeness (QED) is 0.847. The number of carbonyl (C=O) groups is 2. The number of nitrogens with one attached hydrogen (secondary N) is 1. The number of halogens is 2. The molecule has 0 fully saturated rings. The highest BCUT2D eigenvalue weighted by molar-refractivity contribution is 6.35. The number of benzene rings is 1. The van der Waals surface area contributed by atoms with Gasteiger partial charge in [0, 0.05) is 16.5 Å². The molecule has 1 aromatic rings. The predicted molar refractivity (Wildman–Crippen MR) is 79.2 cm³/mol. The number of amides is 1. The average Bonchev–Trinajstić information content (AvgIpc) is 2.34. The van der Waals surface area contributed by atoms with E-state index in [1.54, 1.807) is 32.0 Å². The molecule has 0 saturated carbocycles. The van der Waals surface area contributed by atoms with E-state index >= 15 is 0 Å². The zero-order chi connectivity index (χ0) is 15.3. The Hall–Kier alpha value is -1.26. The van der Waals surface area contributed by atoms with Crippen molar-refractivity contribution >= 4 is 35.1 Å². The summed E-state index contributed by atoms with van der Waals surface area (Å²) in [5.41, 5.74) is 0.808. The Balaban J connectivity index is 2.57. The highest BCUT2D eigenvalue weighted by atomic mass is 35.5. The van der Waals surface area contributed by atoms with Gasteiger partial charge in [0.05, 0.1) is 0 Å². The molecule has 0 aliphatic rings. The van der Waals surface area contributed by atoms with Crippen molar-refractivity contribution in [3.05, 3.63) is 33.8 Å². The molecule has 1 amide bonds. The van der Waals surface area contributed by atoms with E-state index in [1.807, 2.05) is 0 Å². The second kappa shape index (κ2) is 7.50. The van der Waals surface area contributed by atoms with E-state index in [-0.39, 0.29) is 18.2 Å². The standard InChI is InChI=1S/C14H17Cl2NO3/c1-8(2)13(14(19)20)17-12(18)6-4-9-3-5-10(15)7-11(9)16/h3,5,7-8,13H,4,6H2,1-2H3,(H,17,18)(H,19,20)/t13-/m1/s1. The predicted octanol–water partition coefficient (Wildman–Crippen LogP) is 3.15. The molecular formula is C14H17Cl2NO3. The van der Waals surface area contributed by atoms with Crippen LogP contribution in [0, 0.1) is 5.92 Å². The van der Waals surface area contributed by atoms with Gasteiger partial charge in [0.15, 0.2) is 0 Å². The number of carboxylic acids is 1. The lowest BCUT2D eigenvalue weighted by Crippen LogP contribution is -2.44. The van der Waals surface area contributed by atoms with Gasteiger partial charge in [-0.2, -0.15) is 0 Å². The summed E-state index contributed by atoms with van der Waals surface area (Å²) < 4.78 is 0. The van der Waals surface area contributed by atoms with Crippen LogP contribution in [0.5, 0.6) is 0 Å². The van der Waals surface area contributed by atoms with Crippen molar-refractivity contribution in [2.75, 3.05) is 0 Å². The minimum atomic E-state index is -1.03. The van der Waals surface area contributed by atoms with Crippen molar-refractivity contribution in [2.24, 2.45) is 5.92 Å². The summed E-state index contributed by atoms with van der Waals surface area (Å²) in [6.07, 6.45) is 0.615. The van der Waals surface area contributed by atoms with Crippen LogP contribution in [-0.2, 0) is 16.0 Å². The molecule has 0 aliphatic heterocycles. The lowest BCUT2D eigenvalue weighted by molar-refractivity contribution is -0.143. The first-order valence-corrected chi connectivity index (χ1v) is 7.03. The molecule has 6 heteroatoms. The molecule has 0 radical (unpaired) electrons. The summed E-state index contributed by atoms with van der Waals surface area (Å²) >= 11 is 11.8. The minimum Gasteiger partial charge on any atom is -0.480 e. The van der Waals surface area contributed by atoms with E-state index in [0.29, 0.717) is 16.5 Å². The summed E-state index contributed by atoms with van der Waals surface area (Å²) in [6.45, 7) is 3.49. The largest absolute Gasteiger partial charge is 0.480 e. The summed E-state index contributed by atoms with van der Waals surface area (Å²) in [6, 6.07) is 4.21. The maximum absolute atomic E-state index is 11.8. The van der Waals surface area contributed by atoms with Crippen LogP contribution in [0.15, 0.2) is 18.2 Å². The first-order chi connectivity index (χ1) is 9.31. The van der Waals surface area contributed by atoms with Gasteiger partial charge >= 0.3 is 5.97 Å². The van der Waals surface area contributed by atoms with Gasteiger partial charge in [-0.05, 0) is 30.0 Å². The van der Waals surface area contributed by atoms with Crippen LogP contribution >= 0.6 is 23.2 Å². The number of carbonyl (C=O) groups excluding carboxylic acids is 1. The number of aliphatic carboxylic acids is 1. The number of carboxylic acid groups (broad SMARTS) is 1. The van der Waals surface area contributed by atoms with Crippen molar-refractivity contribution < 1.29 is 14.7 Å². The summed E-state index contributed by atoms with van der Waals surface area (Å²) in [5, 5.41) is 12.6. The fourth-order valence-electron chi connectivity index (χ4n) is 1.73. The Morgan fingerprint density at radius 1 is 1.30 bits per heavy atom. The average molecular weight is 318 g/mol. The Morgan fingerprint density at radius 3 is 2.45 bits per heavy atom. The lowest BCUT2D eigenvalue weighted by Gasteiger charge is -2.17. The topological polar surface area (TPSA) is 66.4 Å². The van der Waals surface area contributed by atoms with Gasteiger partial charge < -0.3 is 10.4 Å². The van der Waals surface area contributed by atoms with Crippen molar-refractivity contribution in [2.45, 2.75) is 32.7 Å². The zero-order valence-electron chi connectivity index (χ0n) is 11.3. The maximum atomic E-state index is 11.8. The molecule has 0 spiro atoms. The number of hydrogen-bond donors (Lipinski definition) is 2. The second-order valence-corrected chi connectivity index (χ2v) is 5.71. The fraction of sp³-hybridized carbons (Fsp3) is 0.429. The molecule has 0 aliphatic carbocycles. The third-order valence-electron chi connectivity index (χ3n) is 2.89. The van der Waals surface area contributed by atoms with Crippen molar-refractivity contribution in [1.82, 2.24) is 5.32 Å². The molecule has 1 aromatic carbocycles. The monoisotopic (exact) mass is 317 g/mol. The first kappa shape index (κ1) is 16.8. The molecule has 110 valence electrons. The third-order valence-corrected chi connectivity index (χ3v) is 3.47. The van der Waals surface area contributed by atoms with E-state index in [0.717, 1.165) is 5.56 Å². The fourth-order valence-corrected chi connectivity index (χ4v) is 2.23. The molecule has 0 aromatic heterocycles. The van der Waals surface area contributed by atoms with Gasteiger partial charge in [0.25, 0.3) is 0 Å². The Kier molecular flexibility index (Phi) is 6.30. The molecule has 20 heavy (non-hydrogen) atoms. The Labute approximate surface area is 128 Å². The van der Waals surface area contributed by atoms with Gasteiger partial charge in [-0.25, -0.2) is 4.79 Å². The maximum Gasteiger partial charge on any atom is 0.326 e. The molecule has 1 atom stereocenters. The molecule has 4 nitrogen and oxygen atoms in total. The molecule has 0 saturated heterocycles. The summed E-state index contributed by atoms with van der Waals surface area (Å²) in [7, 11) is 0. The Bertz CT molecular complexity index is 503. The van der Waals surface area contributed by atoms with Crippen LogP contribution in [0.25, 0.3) is 0 Å². The van der Waals surface area contributed by atoms with Crippen LogP contribution in [-0.4, -0.2) is 23.0 Å². The van der Waals surface area contributed by atoms with Gasteiger partial charge in [0.2, 0.25) is 5.91 Å². The molecule has 0 unspecified atom stereocenters. The lowest BCUT2D eigenvalue weighted by atomic mass is 10.0. The molecule has 2 N–H and O–H groups in total. The van der Waals surface area contributed by atoms with Crippen molar-refractivity contribution in [3.8, 4) is 0 Å². The van der Waals surface area contributed by atoms with E-state index in [2.05, 4.69) is 5.32 Å². The zero-order valence-corrected chi connectivity index (χ0v) is 12.8. The summed E-state index contributed by atoms with van der Waals surface area (Å²) in [4.78, 5) is 22.8. The Morgan fingerprint density at radius 2 is 1.95 bits per heavy atom. The minimum absolute atomic E-state index is 0.171. The van der Waals surface area contributed by atoms with Crippen LogP contribution in [0.1, 0.15) is 25.8 Å². The number of aryl methyl sites for hydroxylation is 1.